The zero-order valence-corrected chi connectivity index (χ0v) is 11.0. The molecule has 0 aliphatic carbocycles. The van der Waals surface area contributed by atoms with Crippen molar-refractivity contribution in [2.75, 3.05) is 19.8 Å². The summed E-state index contributed by atoms with van der Waals surface area (Å²) in [5, 5.41) is 2.94. The van der Waals surface area contributed by atoms with Gasteiger partial charge in [-0.05, 0) is 31.0 Å². The third kappa shape index (κ3) is 4.23. The average Bonchev–Trinajstić information content (AvgIpc) is 2.38. The van der Waals surface area contributed by atoms with Crippen molar-refractivity contribution < 1.29 is 14.3 Å². The molecular formula is C13H17NO3S. The molecule has 4 nitrogen and oxygen atoms in total. The minimum atomic E-state index is -0.0912. The second kappa shape index (κ2) is 6.66. The van der Waals surface area contributed by atoms with Crippen molar-refractivity contribution in [2.24, 2.45) is 0 Å². The second-order valence-corrected chi connectivity index (χ2v) is 4.76. The summed E-state index contributed by atoms with van der Waals surface area (Å²) in [5.41, 5.74) is 0. The number of ether oxygens (including phenoxy) is 2. The average molecular weight is 267 g/mol. The van der Waals surface area contributed by atoms with Crippen molar-refractivity contribution in [3.63, 3.8) is 0 Å². The van der Waals surface area contributed by atoms with Gasteiger partial charge in [0.25, 0.3) is 5.91 Å². The third-order valence-electron chi connectivity index (χ3n) is 2.77. The van der Waals surface area contributed by atoms with E-state index in [4.69, 9.17) is 9.47 Å². The molecule has 0 unspecified atom stereocenters. The van der Waals surface area contributed by atoms with Crippen LogP contribution in [0.3, 0.4) is 0 Å². The number of amides is 1. The fraction of sp³-hybridized carbons (Fsp3) is 0.462. The second-order valence-electron chi connectivity index (χ2n) is 4.24. The smallest absolute Gasteiger partial charge is 0.258 e. The quantitative estimate of drug-likeness (QED) is 0.816. The molecular weight excluding hydrogens is 250 g/mol. The van der Waals surface area contributed by atoms with E-state index >= 15 is 0 Å². The number of hydrogen-bond donors (Lipinski definition) is 2. The standard InChI is InChI=1S/C13H17NO3S/c15-13(14-10-4-6-16-7-5-10)9-17-11-2-1-3-12(18)8-11/h1-3,8,10,18H,4-7,9H2,(H,14,15). The minimum Gasteiger partial charge on any atom is -0.484 e. The Morgan fingerprint density at radius 2 is 2.22 bits per heavy atom. The minimum absolute atomic E-state index is 0.0363. The maximum absolute atomic E-state index is 11.7. The van der Waals surface area contributed by atoms with Crippen LogP contribution in [0.5, 0.6) is 5.75 Å². The van der Waals surface area contributed by atoms with Crippen LogP contribution in [0.25, 0.3) is 0 Å². The SMILES string of the molecule is O=C(COc1cccc(S)c1)NC1CCOCC1. The highest BCUT2D eigenvalue weighted by molar-refractivity contribution is 7.80. The lowest BCUT2D eigenvalue weighted by atomic mass is 10.1. The molecule has 0 saturated carbocycles. The Labute approximate surface area is 112 Å². The zero-order valence-electron chi connectivity index (χ0n) is 10.1. The lowest BCUT2D eigenvalue weighted by molar-refractivity contribution is -0.124. The fourth-order valence-corrected chi connectivity index (χ4v) is 2.05. The van der Waals surface area contributed by atoms with Crippen LogP contribution in [0.2, 0.25) is 0 Å². The number of benzene rings is 1. The molecule has 0 radical (unpaired) electrons. The molecule has 0 aromatic heterocycles. The lowest BCUT2D eigenvalue weighted by Crippen LogP contribution is -2.41. The van der Waals surface area contributed by atoms with E-state index in [9.17, 15) is 4.79 Å². The molecule has 1 heterocycles. The van der Waals surface area contributed by atoms with E-state index in [1.54, 1.807) is 12.1 Å². The number of thiol groups is 1. The molecule has 1 aliphatic rings. The molecule has 2 rings (SSSR count). The van der Waals surface area contributed by atoms with Gasteiger partial charge in [-0.25, -0.2) is 0 Å². The van der Waals surface area contributed by atoms with Gasteiger partial charge in [-0.15, -0.1) is 12.6 Å². The Hall–Kier alpha value is -1.20. The molecule has 5 heteroatoms. The van der Waals surface area contributed by atoms with Crippen LogP contribution in [0.4, 0.5) is 0 Å². The van der Waals surface area contributed by atoms with Gasteiger partial charge in [0.2, 0.25) is 0 Å². The van der Waals surface area contributed by atoms with Crippen LogP contribution in [-0.4, -0.2) is 31.8 Å². The van der Waals surface area contributed by atoms with Crippen molar-refractivity contribution in [3.8, 4) is 5.75 Å². The normalized spacial score (nSPS) is 16.3. The van der Waals surface area contributed by atoms with Gasteiger partial charge in [-0.2, -0.15) is 0 Å². The maximum atomic E-state index is 11.7. The van der Waals surface area contributed by atoms with Crippen LogP contribution in [0.15, 0.2) is 29.2 Å². The van der Waals surface area contributed by atoms with Gasteiger partial charge in [0.1, 0.15) is 5.75 Å². The molecule has 1 saturated heterocycles. The highest BCUT2D eigenvalue weighted by Crippen LogP contribution is 2.15. The first-order valence-corrected chi connectivity index (χ1v) is 6.48. The molecule has 0 bridgehead atoms. The molecule has 1 N–H and O–H groups in total. The van der Waals surface area contributed by atoms with Crippen molar-refractivity contribution in [1.82, 2.24) is 5.32 Å². The molecule has 98 valence electrons. The van der Waals surface area contributed by atoms with Gasteiger partial charge in [0.05, 0.1) is 0 Å². The summed E-state index contributed by atoms with van der Waals surface area (Å²) in [5.74, 6) is 0.566. The number of carbonyl (C=O) groups is 1. The first-order valence-electron chi connectivity index (χ1n) is 6.03. The molecule has 1 fully saturated rings. The van der Waals surface area contributed by atoms with Gasteiger partial charge in [-0.3, -0.25) is 4.79 Å². The monoisotopic (exact) mass is 267 g/mol. The van der Waals surface area contributed by atoms with E-state index in [1.807, 2.05) is 12.1 Å². The van der Waals surface area contributed by atoms with Gasteiger partial charge < -0.3 is 14.8 Å². The fourth-order valence-electron chi connectivity index (χ4n) is 1.83. The predicted molar refractivity (Wildman–Crippen MR) is 71.2 cm³/mol. The summed E-state index contributed by atoms with van der Waals surface area (Å²) in [4.78, 5) is 12.5. The highest BCUT2D eigenvalue weighted by atomic mass is 32.1. The van der Waals surface area contributed by atoms with Crippen molar-refractivity contribution >= 4 is 18.5 Å². The summed E-state index contributed by atoms with van der Waals surface area (Å²) in [7, 11) is 0. The summed E-state index contributed by atoms with van der Waals surface area (Å²) in [6.07, 6.45) is 1.75. The number of hydrogen-bond acceptors (Lipinski definition) is 4. The summed E-state index contributed by atoms with van der Waals surface area (Å²) >= 11 is 4.21. The largest absolute Gasteiger partial charge is 0.484 e. The number of carbonyl (C=O) groups excluding carboxylic acids is 1. The number of nitrogens with one attached hydrogen (secondary N) is 1. The maximum Gasteiger partial charge on any atom is 0.258 e. The van der Waals surface area contributed by atoms with Gasteiger partial charge in [-0.1, -0.05) is 6.07 Å². The van der Waals surface area contributed by atoms with E-state index in [2.05, 4.69) is 17.9 Å². The summed E-state index contributed by atoms with van der Waals surface area (Å²) in [6.45, 7) is 1.47. The summed E-state index contributed by atoms with van der Waals surface area (Å²) < 4.78 is 10.6. The van der Waals surface area contributed by atoms with Gasteiger partial charge in [0, 0.05) is 24.2 Å². The van der Waals surface area contributed by atoms with E-state index in [0.717, 1.165) is 17.7 Å². The third-order valence-corrected chi connectivity index (χ3v) is 3.05. The van der Waals surface area contributed by atoms with E-state index in [-0.39, 0.29) is 18.6 Å². The van der Waals surface area contributed by atoms with Gasteiger partial charge >= 0.3 is 0 Å². The Bertz CT molecular complexity index is 405. The molecule has 1 amide bonds. The van der Waals surface area contributed by atoms with E-state index < -0.39 is 0 Å². The van der Waals surface area contributed by atoms with Crippen LogP contribution in [0, 0.1) is 0 Å². The Kier molecular flexibility index (Phi) is 4.90. The van der Waals surface area contributed by atoms with E-state index in [1.165, 1.54) is 0 Å². The topological polar surface area (TPSA) is 47.6 Å². The van der Waals surface area contributed by atoms with Crippen LogP contribution >= 0.6 is 12.6 Å². The molecule has 0 atom stereocenters. The zero-order chi connectivity index (χ0) is 12.8. The summed E-state index contributed by atoms with van der Waals surface area (Å²) in [6, 6.07) is 7.50. The molecule has 1 aromatic carbocycles. The molecule has 0 spiro atoms. The van der Waals surface area contributed by atoms with Gasteiger partial charge in [0.15, 0.2) is 6.61 Å². The lowest BCUT2D eigenvalue weighted by Gasteiger charge is -2.23. The van der Waals surface area contributed by atoms with Crippen molar-refractivity contribution in [3.05, 3.63) is 24.3 Å². The number of rotatable bonds is 4. The van der Waals surface area contributed by atoms with Crippen LogP contribution in [0.1, 0.15) is 12.8 Å². The van der Waals surface area contributed by atoms with Crippen LogP contribution < -0.4 is 10.1 Å². The molecule has 18 heavy (non-hydrogen) atoms. The highest BCUT2D eigenvalue weighted by Gasteiger charge is 2.16. The molecule has 1 aliphatic heterocycles. The molecule has 1 aromatic rings. The predicted octanol–water partition coefficient (Wildman–Crippen LogP) is 1.65. The van der Waals surface area contributed by atoms with Crippen molar-refractivity contribution in [2.45, 2.75) is 23.8 Å². The Morgan fingerprint density at radius 3 is 2.94 bits per heavy atom. The van der Waals surface area contributed by atoms with Crippen molar-refractivity contribution in [1.29, 1.82) is 0 Å². The Morgan fingerprint density at radius 1 is 1.44 bits per heavy atom. The first kappa shape index (κ1) is 13.2. The first-order chi connectivity index (χ1) is 8.74. The Balaban J connectivity index is 1.74. The van der Waals surface area contributed by atoms with Crippen LogP contribution in [-0.2, 0) is 9.53 Å². The van der Waals surface area contributed by atoms with E-state index in [0.29, 0.717) is 19.0 Å².